The number of rotatable bonds is 4. The van der Waals surface area contributed by atoms with Crippen LogP contribution in [0.5, 0.6) is 0 Å². The van der Waals surface area contributed by atoms with E-state index in [0.29, 0.717) is 16.1 Å². The molecule has 0 aliphatic carbocycles. The van der Waals surface area contributed by atoms with Gasteiger partial charge in [0, 0.05) is 31.2 Å². The van der Waals surface area contributed by atoms with Gasteiger partial charge >= 0.3 is 0 Å². The molecule has 6 nitrogen and oxygen atoms in total. The van der Waals surface area contributed by atoms with Crippen molar-refractivity contribution in [1.82, 2.24) is 8.61 Å². The van der Waals surface area contributed by atoms with Crippen LogP contribution in [0.3, 0.4) is 0 Å². The van der Waals surface area contributed by atoms with E-state index in [0.717, 1.165) is 0 Å². The van der Waals surface area contributed by atoms with Gasteiger partial charge in [0.15, 0.2) is 0 Å². The fourth-order valence-corrected chi connectivity index (χ4v) is 6.44. The first-order valence-electron chi connectivity index (χ1n) is 8.46. The Morgan fingerprint density at radius 1 is 0.778 bits per heavy atom. The number of piperazine rings is 1. The predicted octanol–water partition coefficient (Wildman–Crippen LogP) is 2.65. The van der Waals surface area contributed by atoms with Gasteiger partial charge in [-0.25, -0.2) is 16.8 Å². The van der Waals surface area contributed by atoms with Gasteiger partial charge < -0.3 is 0 Å². The lowest BCUT2D eigenvalue weighted by molar-refractivity contribution is 0.272. The van der Waals surface area contributed by atoms with Crippen molar-refractivity contribution >= 4 is 31.6 Å². The first-order valence-corrected chi connectivity index (χ1v) is 11.7. The molecule has 0 N–H and O–H groups in total. The average molecular weight is 429 g/mol. The normalized spacial score (nSPS) is 17.1. The van der Waals surface area contributed by atoms with Crippen LogP contribution in [0.15, 0.2) is 52.3 Å². The number of hydrogen-bond acceptors (Lipinski definition) is 4. The van der Waals surface area contributed by atoms with Gasteiger partial charge in [-0.15, -0.1) is 0 Å². The molecule has 0 radical (unpaired) electrons. The second-order valence-corrected chi connectivity index (χ2v) is 10.7. The number of hydrogen-bond donors (Lipinski definition) is 0. The monoisotopic (exact) mass is 428 g/mol. The van der Waals surface area contributed by atoms with Crippen LogP contribution in [0.2, 0.25) is 5.02 Å². The largest absolute Gasteiger partial charge is 0.243 e. The summed E-state index contributed by atoms with van der Waals surface area (Å²) in [5, 5.41) is 0.519. The molecule has 146 valence electrons. The third-order valence-electron chi connectivity index (χ3n) is 4.65. The summed E-state index contributed by atoms with van der Waals surface area (Å²) in [4.78, 5) is 0.425. The summed E-state index contributed by atoms with van der Waals surface area (Å²) in [7, 11) is -7.33. The van der Waals surface area contributed by atoms with E-state index in [1.54, 1.807) is 44.2 Å². The van der Waals surface area contributed by atoms with Crippen molar-refractivity contribution in [3.8, 4) is 0 Å². The van der Waals surface area contributed by atoms with Gasteiger partial charge in [0.2, 0.25) is 20.0 Å². The Labute approximate surface area is 165 Å². The zero-order chi connectivity index (χ0) is 19.8. The van der Waals surface area contributed by atoms with Crippen LogP contribution in [-0.2, 0) is 20.0 Å². The maximum Gasteiger partial charge on any atom is 0.243 e. The standard InChI is InChI=1S/C18H21ClN2O4S2/c1-14-13-18(15(2)12-17(14)19)27(24,25)21-10-8-20(9-11-21)26(22,23)16-6-4-3-5-7-16/h3-7,12-13H,8-11H2,1-2H3. The first kappa shape index (κ1) is 20.3. The topological polar surface area (TPSA) is 74.8 Å². The molecule has 1 aliphatic rings. The van der Waals surface area contributed by atoms with Crippen LogP contribution in [0.4, 0.5) is 0 Å². The van der Waals surface area contributed by atoms with Crippen LogP contribution in [-0.4, -0.2) is 51.6 Å². The van der Waals surface area contributed by atoms with Gasteiger partial charge in [-0.2, -0.15) is 8.61 Å². The molecule has 0 amide bonds. The van der Waals surface area contributed by atoms with Crippen LogP contribution >= 0.6 is 11.6 Å². The quantitative estimate of drug-likeness (QED) is 0.750. The summed E-state index contributed by atoms with van der Waals surface area (Å²) < 4.78 is 54.1. The molecule has 0 atom stereocenters. The molecule has 9 heteroatoms. The van der Waals surface area contributed by atoms with Gasteiger partial charge in [-0.3, -0.25) is 0 Å². The highest BCUT2D eigenvalue weighted by Crippen LogP contribution is 2.27. The Balaban J connectivity index is 1.80. The lowest BCUT2D eigenvalue weighted by Gasteiger charge is -2.33. The maximum atomic E-state index is 13.0. The molecule has 0 aromatic heterocycles. The summed E-state index contributed by atoms with van der Waals surface area (Å²) >= 11 is 6.07. The lowest BCUT2D eigenvalue weighted by atomic mass is 10.2. The molecular weight excluding hydrogens is 408 g/mol. The third kappa shape index (κ3) is 3.90. The van der Waals surface area contributed by atoms with Crippen molar-refractivity contribution in [2.45, 2.75) is 23.6 Å². The molecule has 0 spiro atoms. The Morgan fingerprint density at radius 3 is 1.85 bits per heavy atom. The Morgan fingerprint density at radius 2 is 1.30 bits per heavy atom. The average Bonchev–Trinajstić information content (AvgIpc) is 2.65. The van der Waals surface area contributed by atoms with Crippen molar-refractivity contribution in [3.63, 3.8) is 0 Å². The minimum Gasteiger partial charge on any atom is -0.207 e. The van der Waals surface area contributed by atoms with Crippen molar-refractivity contribution in [3.05, 3.63) is 58.6 Å². The number of halogens is 1. The van der Waals surface area contributed by atoms with E-state index in [1.807, 2.05) is 0 Å². The molecule has 1 fully saturated rings. The van der Waals surface area contributed by atoms with E-state index in [-0.39, 0.29) is 36.0 Å². The van der Waals surface area contributed by atoms with E-state index < -0.39 is 20.0 Å². The number of sulfonamides is 2. The summed E-state index contributed by atoms with van der Waals surface area (Å²) in [6.45, 7) is 3.90. The van der Waals surface area contributed by atoms with Crippen molar-refractivity contribution < 1.29 is 16.8 Å². The molecule has 2 aromatic rings. The molecule has 1 saturated heterocycles. The van der Waals surface area contributed by atoms with E-state index >= 15 is 0 Å². The Kier molecular flexibility index (Phi) is 5.65. The Hall–Kier alpha value is -1.45. The molecule has 27 heavy (non-hydrogen) atoms. The van der Waals surface area contributed by atoms with E-state index in [9.17, 15) is 16.8 Å². The second kappa shape index (κ2) is 7.52. The van der Waals surface area contributed by atoms with Crippen molar-refractivity contribution in [1.29, 1.82) is 0 Å². The lowest BCUT2D eigenvalue weighted by Crippen LogP contribution is -2.50. The van der Waals surface area contributed by atoms with Crippen LogP contribution in [0.1, 0.15) is 11.1 Å². The predicted molar refractivity (Wildman–Crippen MR) is 105 cm³/mol. The third-order valence-corrected chi connectivity index (χ3v) is 9.01. The number of nitrogens with zero attached hydrogens (tertiary/aromatic N) is 2. The summed E-state index contributed by atoms with van der Waals surface area (Å²) in [5.74, 6) is 0. The number of aryl methyl sites for hydroxylation is 2. The Bertz CT molecular complexity index is 1050. The fourth-order valence-electron chi connectivity index (χ4n) is 3.06. The van der Waals surface area contributed by atoms with Gasteiger partial charge in [-0.05, 0) is 49.2 Å². The van der Waals surface area contributed by atoms with E-state index in [1.165, 1.54) is 20.7 Å². The molecule has 0 bridgehead atoms. The maximum absolute atomic E-state index is 13.0. The molecular formula is C18H21ClN2O4S2. The highest BCUT2D eigenvalue weighted by Gasteiger charge is 2.34. The SMILES string of the molecule is Cc1cc(S(=O)(=O)N2CCN(S(=O)(=O)c3ccccc3)CC2)c(C)cc1Cl. The smallest absolute Gasteiger partial charge is 0.207 e. The highest BCUT2D eigenvalue weighted by atomic mass is 35.5. The van der Waals surface area contributed by atoms with Gasteiger partial charge in [-0.1, -0.05) is 29.8 Å². The number of benzene rings is 2. The van der Waals surface area contributed by atoms with Crippen molar-refractivity contribution in [2.75, 3.05) is 26.2 Å². The van der Waals surface area contributed by atoms with E-state index in [4.69, 9.17) is 11.6 Å². The first-order chi connectivity index (χ1) is 12.6. The fraction of sp³-hybridized carbons (Fsp3) is 0.333. The molecule has 1 heterocycles. The second-order valence-electron chi connectivity index (χ2n) is 6.49. The molecule has 0 saturated carbocycles. The minimum atomic E-state index is -3.71. The van der Waals surface area contributed by atoms with Gasteiger partial charge in [0.25, 0.3) is 0 Å². The minimum absolute atomic E-state index is 0.107. The zero-order valence-corrected chi connectivity index (χ0v) is 17.5. The summed E-state index contributed by atoms with van der Waals surface area (Å²) in [5.41, 5.74) is 1.26. The van der Waals surface area contributed by atoms with Crippen LogP contribution < -0.4 is 0 Å². The van der Waals surface area contributed by atoms with Crippen LogP contribution in [0.25, 0.3) is 0 Å². The van der Waals surface area contributed by atoms with Gasteiger partial charge in [0.05, 0.1) is 9.79 Å². The summed E-state index contributed by atoms with van der Waals surface area (Å²) in [6.07, 6.45) is 0. The van der Waals surface area contributed by atoms with Crippen molar-refractivity contribution in [2.24, 2.45) is 0 Å². The zero-order valence-electron chi connectivity index (χ0n) is 15.1. The molecule has 0 unspecified atom stereocenters. The highest BCUT2D eigenvalue weighted by molar-refractivity contribution is 7.89. The van der Waals surface area contributed by atoms with Crippen LogP contribution in [0, 0.1) is 13.8 Å². The molecule has 2 aromatic carbocycles. The van der Waals surface area contributed by atoms with E-state index in [2.05, 4.69) is 0 Å². The summed E-state index contributed by atoms with van der Waals surface area (Å²) in [6, 6.07) is 11.4. The molecule has 1 aliphatic heterocycles. The molecule has 3 rings (SSSR count). The van der Waals surface area contributed by atoms with Gasteiger partial charge in [0.1, 0.15) is 0 Å².